The van der Waals surface area contributed by atoms with Crippen molar-refractivity contribution in [3.05, 3.63) is 11.4 Å². The van der Waals surface area contributed by atoms with Crippen LogP contribution in [-0.4, -0.2) is 36.4 Å². The van der Waals surface area contributed by atoms with Gasteiger partial charge in [-0.3, -0.25) is 9.36 Å². The van der Waals surface area contributed by atoms with Crippen LogP contribution >= 0.6 is 7.60 Å². The van der Waals surface area contributed by atoms with Crippen LogP contribution in [0.25, 0.3) is 0 Å². The van der Waals surface area contributed by atoms with E-state index in [1.165, 1.54) is 6.08 Å². The Bertz CT molecular complexity index is 363. The van der Waals surface area contributed by atoms with Gasteiger partial charge in [-0.05, 0) is 34.6 Å². The van der Waals surface area contributed by atoms with Crippen LogP contribution in [0.3, 0.4) is 0 Å². The molecule has 0 spiro atoms. The van der Waals surface area contributed by atoms with E-state index in [1.54, 1.807) is 34.6 Å². The first-order valence-corrected chi connectivity index (χ1v) is 7.81. The highest BCUT2D eigenvalue weighted by molar-refractivity contribution is 7.60. The molecule has 6 nitrogen and oxygen atoms in total. The molecule has 0 heterocycles. The number of hydrogen-bond donors (Lipinski definition) is 2. The van der Waals surface area contributed by atoms with Crippen molar-refractivity contribution in [3.63, 3.8) is 0 Å². The third-order valence-corrected chi connectivity index (χ3v) is 4.33. The van der Waals surface area contributed by atoms with Crippen molar-refractivity contribution in [2.45, 2.75) is 40.2 Å². The Hall–Kier alpha value is -0.680. The lowest BCUT2D eigenvalue weighted by molar-refractivity contribution is -0.118. The average molecular weight is 293 g/mol. The number of aliphatic hydroxyl groups is 1. The molecule has 0 rings (SSSR count). The third-order valence-electron chi connectivity index (χ3n) is 2.08. The van der Waals surface area contributed by atoms with Crippen molar-refractivity contribution in [3.8, 4) is 0 Å². The molecule has 0 saturated carbocycles. The topological polar surface area (TPSA) is 84.9 Å². The molecule has 0 saturated heterocycles. The lowest BCUT2D eigenvalue weighted by atomic mass is 10.1. The van der Waals surface area contributed by atoms with Crippen molar-refractivity contribution in [1.29, 1.82) is 0 Å². The van der Waals surface area contributed by atoms with Crippen LogP contribution in [0.1, 0.15) is 34.6 Å². The molecule has 0 fully saturated rings. The zero-order valence-corrected chi connectivity index (χ0v) is 13.1. The summed E-state index contributed by atoms with van der Waals surface area (Å²) in [4.78, 5) is 12.0. The van der Waals surface area contributed by atoms with Crippen LogP contribution in [-0.2, 0) is 18.4 Å². The molecule has 0 unspecified atom stereocenters. The fraction of sp³-hybridized carbons (Fsp3) is 0.750. The van der Waals surface area contributed by atoms with Crippen molar-refractivity contribution in [1.82, 2.24) is 5.32 Å². The van der Waals surface area contributed by atoms with Gasteiger partial charge in [0.05, 0.1) is 18.8 Å². The molecule has 0 aromatic carbocycles. The lowest BCUT2D eigenvalue weighted by Gasteiger charge is -2.22. The summed E-state index contributed by atoms with van der Waals surface area (Å²) in [5, 5.41) is 12.0. The Morgan fingerprint density at radius 3 is 2.11 bits per heavy atom. The van der Waals surface area contributed by atoms with Crippen LogP contribution in [0.4, 0.5) is 0 Å². The lowest BCUT2D eigenvalue weighted by Crippen LogP contribution is -2.38. The molecule has 1 amide bonds. The minimum atomic E-state index is -3.60. The molecule has 0 aromatic rings. The number of carbonyl (C=O) groups is 1. The SMILES string of the molecule is C/C=C(/C(=O)NCC(C)(C)O)P(=O)(OCC)OCC. The Labute approximate surface area is 114 Å². The van der Waals surface area contributed by atoms with Gasteiger partial charge in [0, 0.05) is 6.54 Å². The zero-order valence-electron chi connectivity index (χ0n) is 12.2. The van der Waals surface area contributed by atoms with E-state index in [2.05, 4.69) is 5.32 Å². The first-order chi connectivity index (χ1) is 8.70. The molecule has 0 aliphatic heterocycles. The predicted molar refractivity (Wildman–Crippen MR) is 73.9 cm³/mol. The van der Waals surface area contributed by atoms with Gasteiger partial charge in [0.1, 0.15) is 5.31 Å². The zero-order chi connectivity index (χ0) is 15.1. The smallest absolute Gasteiger partial charge is 0.366 e. The summed E-state index contributed by atoms with van der Waals surface area (Å²) in [6, 6.07) is 0. The number of rotatable bonds is 8. The van der Waals surface area contributed by atoms with Crippen LogP contribution in [0.5, 0.6) is 0 Å². The molecule has 0 radical (unpaired) electrons. The number of allylic oxidation sites excluding steroid dienone is 1. The van der Waals surface area contributed by atoms with Gasteiger partial charge < -0.3 is 19.5 Å². The van der Waals surface area contributed by atoms with Gasteiger partial charge in [-0.15, -0.1) is 0 Å². The van der Waals surface area contributed by atoms with E-state index in [9.17, 15) is 14.5 Å². The second-order valence-electron chi connectivity index (χ2n) is 4.50. The summed E-state index contributed by atoms with van der Waals surface area (Å²) in [6.07, 6.45) is 1.41. The number of nitrogens with one attached hydrogen (secondary N) is 1. The summed E-state index contributed by atoms with van der Waals surface area (Å²) in [7, 11) is -3.60. The van der Waals surface area contributed by atoms with Gasteiger partial charge in [-0.1, -0.05) is 6.08 Å². The van der Waals surface area contributed by atoms with E-state index >= 15 is 0 Å². The number of amides is 1. The van der Waals surface area contributed by atoms with Crippen molar-refractivity contribution >= 4 is 13.5 Å². The fourth-order valence-electron chi connectivity index (χ4n) is 1.32. The van der Waals surface area contributed by atoms with E-state index in [0.717, 1.165) is 0 Å². The molecule has 0 aromatic heterocycles. The normalized spacial score (nSPS) is 13.5. The molecule has 0 atom stereocenters. The summed E-state index contributed by atoms with van der Waals surface area (Å²) in [6.45, 7) is 8.45. The minimum absolute atomic E-state index is 0.0413. The first-order valence-electron chi connectivity index (χ1n) is 6.26. The number of carbonyl (C=O) groups excluding carboxylic acids is 1. The Morgan fingerprint density at radius 1 is 1.32 bits per heavy atom. The molecule has 0 bridgehead atoms. The standard InChI is InChI=1S/C12H24NO5P/c1-6-10(11(14)13-9-12(4,5)15)19(16,17-7-2)18-8-3/h6,15H,7-9H2,1-5H3,(H,13,14)/b10-6-. The predicted octanol–water partition coefficient (Wildman–Crippen LogP) is 2.04. The monoisotopic (exact) mass is 293 g/mol. The molecular weight excluding hydrogens is 269 g/mol. The highest BCUT2D eigenvalue weighted by Crippen LogP contribution is 2.55. The average Bonchev–Trinajstić information content (AvgIpc) is 2.26. The first kappa shape index (κ1) is 18.3. The van der Waals surface area contributed by atoms with Crippen molar-refractivity contribution in [2.24, 2.45) is 0 Å². The largest absolute Gasteiger partial charge is 0.389 e. The highest BCUT2D eigenvalue weighted by atomic mass is 31.2. The highest BCUT2D eigenvalue weighted by Gasteiger charge is 2.34. The summed E-state index contributed by atoms with van der Waals surface area (Å²) in [5.74, 6) is -0.560. The maximum absolute atomic E-state index is 12.5. The molecule has 112 valence electrons. The molecule has 0 aliphatic carbocycles. The van der Waals surface area contributed by atoms with Gasteiger partial charge in [-0.2, -0.15) is 0 Å². The van der Waals surface area contributed by atoms with Gasteiger partial charge in [0.15, 0.2) is 0 Å². The third kappa shape index (κ3) is 6.34. The van der Waals surface area contributed by atoms with Gasteiger partial charge in [-0.25, -0.2) is 0 Å². The van der Waals surface area contributed by atoms with E-state index in [1.807, 2.05) is 0 Å². The molecule has 2 N–H and O–H groups in total. The van der Waals surface area contributed by atoms with E-state index in [4.69, 9.17) is 9.05 Å². The fourth-order valence-corrected chi connectivity index (χ4v) is 2.99. The Morgan fingerprint density at radius 2 is 1.79 bits per heavy atom. The summed E-state index contributed by atoms with van der Waals surface area (Å²) in [5.41, 5.74) is -1.05. The Balaban J connectivity index is 4.98. The maximum atomic E-state index is 12.5. The summed E-state index contributed by atoms with van der Waals surface area (Å²) >= 11 is 0. The molecule has 0 aliphatic rings. The van der Waals surface area contributed by atoms with Crippen LogP contribution in [0.15, 0.2) is 11.4 Å². The summed E-state index contributed by atoms with van der Waals surface area (Å²) < 4.78 is 22.7. The minimum Gasteiger partial charge on any atom is -0.389 e. The van der Waals surface area contributed by atoms with Gasteiger partial charge in [0.25, 0.3) is 5.91 Å². The van der Waals surface area contributed by atoms with E-state index in [0.29, 0.717) is 0 Å². The maximum Gasteiger partial charge on any atom is 0.366 e. The van der Waals surface area contributed by atoms with E-state index in [-0.39, 0.29) is 25.1 Å². The quantitative estimate of drug-likeness (QED) is 0.528. The van der Waals surface area contributed by atoms with Gasteiger partial charge in [0.2, 0.25) is 0 Å². The second kappa shape index (κ2) is 7.80. The van der Waals surface area contributed by atoms with Crippen molar-refractivity contribution in [2.75, 3.05) is 19.8 Å². The van der Waals surface area contributed by atoms with Crippen LogP contribution in [0.2, 0.25) is 0 Å². The number of hydrogen-bond acceptors (Lipinski definition) is 5. The molecule has 19 heavy (non-hydrogen) atoms. The van der Waals surface area contributed by atoms with Crippen molar-refractivity contribution < 1.29 is 23.5 Å². The molecular formula is C12H24NO5P. The Kier molecular flexibility index (Phi) is 7.52. The second-order valence-corrected chi connectivity index (χ2v) is 6.50. The van der Waals surface area contributed by atoms with Crippen LogP contribution in [0, 0.1) is 0 Å². The molecule has 7 heteroatoms. The van der Waals surface area contributed by atoms with Gasteiger partial charge >= 0.3 is 7.60 Å². The van der Waals surface area contributed by atoms with E-state index < -0.39 is 19.1 Å². The van der Waals surface area contributed by atoms with Crippen LogP contribution < -0.4 is 5.32 Å².